The number of para-hydroxylation sites is 1. The molecule has 2 aromatic rings. The minimum Gasteiger partial charge on any atom is -0.472 e. The highest BCUT2D eigenvalue weighted by Crippen LogP contribution is 2.28. The van der Waals surface area contributed by atoms with E-state index in [1.807, 2.05) is 48.5 Å². The van der Waals surface area contributed by atoms with E-state index >= 15 is 0 Å². The van der Waals surface area contributed by atoms with Gasteiger partial charge >= 0.3 is 0 Å². The highest BCUT2D eigenvalue weighted by molar-refractivity contribution is 9.10. The molecule has 1 aliphatic heterocycles. The van der Waals surface area contributed by atoms with Crippen LogP contribution in [-0.2, 0) is 11.3 Å². The standard InChI is InChI=1S/C14H10BrNO/c15-12-7-3-2-6-11(12)14-16-13-8-4-1-5-10(13)9-17-14/h1-8H,9H2. The van der Waals surface area contributed by atoms with Gasteiger partial charge in [-0.2, -0.15) is 0 Å². The van der Waals surface area contributed by atoms with Crippen LogP contribution in [0.25, 0.3) is 0 Å². The zero-order valence-electron chi connectivity index (χ0n) is 9.06. The van der Waals surface area contributed by atoms with Crippen molar-refractivity contribution in [1.29, 1.82) is 0 Å². The van der Waals surface area contributed by atoms with Gasteiger partial charge in [-0.15, -0.1) is 0 Å². The Morgan fingerprint density at radius 1 is 1.00 bits per heavy atom. The molecule has 0 amide bonds. The molecular weight excluding hydrogens is 278 g/mol. The first-order valence-electron chi connectivity index (χ1n) is 5.39. The van der Waals surface area contributed by atoms with E-state index in [9.17, 15) is 0 Å². The second kappa shape index (κ2) is 4.34. The van der Waals surface area contributed by atoms with E-state index in [0.717, 1.165) is 21.3 Å². The molecule has 2 aromatic carbocycles. The number of fused-ring (bicyclic) bond motifs is 1. The zero-order chi connectivity index (χ0) is 11.7. The molecule has 0 radical (unpaired) electrons. The third-order valence-corrected chi connectivity index (χ3v) is 3.37. The van der Waals surface area contributed by atoms with Crippen molar-refractivity contribution < 1.29 is 4.74 Å². The third-order valence-electron chi connectivity index (χ3n) is 2.68. The lowest BCUT2D eigenvalue weighted by Gasteiger charge is -2.17. The Bertz CT molecular complexity index is 592. The van der Waals surface area contributed by atoms with Crippen molar-refractivity contribution in [2.75, 3.05) is 0 Å². The predicted octanol–water partition coefficient (Wildman–Crippen LogP) is 4.06. The summed E-state index contributed by atoms with van der Waals surface area (Å²) in [6, 6.07) is 16.0. The average Bonchev–Trinajstić information content (AvgIpc) is 2.39. The quantitative estimate of drug-likeness (QED) is 0.775. The van der Waals surface area contributed by atoms with Gasteiger partial charge < -0.3 is 4.74 Å². The van der Waals surface area contributed by atoms with Crippen LogP contribution >= 0.6 is 15.9 Å². The molecular formula is C14H10BrNO. The summed E-state index contributed by atoms with van der Waals surface area (Å²) in [5.74, 6) is 0.677. The van der Waals surface area contributed by atoms with Gasteiger partial charge in [-0.1, -0.05) is 30.3 Å². The number of ether oxygens (including phenoxy) is 1. The van der Waals surface area contributed by atoms with Gasteiger partial charge in [-0.25, -0.2) is 4.99 Å². The van der Waals surface area contributed by atoms with Crippen molar-refractivity contribution in [3.05, 3.63) is 64.1 Å². The van der Waals surface area contributed by atoms with Gasteiger partial charge in [-0.05, 0) is 34.1 Å². The van der Waals surface area contributed by atoms with Crippen LogP contribution in [0.15, 0.2) is 58.0 Å². The molecule has 3 heteroatoms. The first kappa shape index (κ1) is 10.5. The minimum absolute atomic E-state index is 0.580. The highest BCUT2D eigenvalue weighted by Gasteiger charge is 2.15. The average molecular weight is 288 g/mol. The van der Waals surface area contributed by atoms with Crippen LogP contribution < -0.4 is 0 Å². The fourth-order valence-electron chi connectivity index (χ4n) is 1.80. The number of hydrogen-bond donors (Lipinski definition) is 0. The Hall–Kier alpha value is -1.61. The van der Waals surface area contributed by atoms with Crippen molar-refractivity contribution in [2.45, 2.75) is 6.61 Å². The van der Waals surface area contributed by atoms with Crippen molar-refractivity contribution in [3.8, 4) is 0 Å². The molecule has 0 fully saturated rings. The van der Waals surface area contributed by atoms with Crippen LogP contribution in [0.5, 0.6) is 0 Å². The molecule has 0 bridgehead atoms. The lowest BCUT2D eigenvalue weighted by atomic mass is 10.1. The molecule has 0 N–H and O–H groups in total. The number of aliphatic imine (C=N–C) groups is 1. The van der Waals surface area contributed by atoms with Gasteiger partial charge in [0.05, 0.1) is 11.3 Å². The number of benzene rings is 2. The molecule has 0 saturated carbocycles. The summed E-state index contributed by atoms with van der Waals surface area (Å²) >= 11 is 3.51. The van der Waals surface area contributed by atoms with E-state index in [1.165, 1.54) is 0 Å². The topological polar surface area (TPSA) is 21.6 Å². The molecule has 0 atom stereocenters. The summed E-state index contributed by atoms with van der Waals surface area (Å²) < 4.78 is 6.69. The van der Waals surface area contributed by atoms with Crippen molar-refractivity contribution in [2.24, 2.45) is 4.99 Å². The van der Waals surface area contributed by atoms with Gasteiger partial charge in [-0.3, -0.25) is 0 Å². The Morgan fingerprint density at radius 2 is 1.76 bits per heavy atom. The Kier molecular flexibility index (Phi) is 2.69. The lowest BCUT2D eigenvalue weighted by Crippen LogP contribution is -2.11. The van der Waals surface area contributed by atoms with E-state index in [4.69, 9.17) is 4.74 Å². The molecule has 0 unspecified atom stereocenters. The first-order chi connectivity index (χ1) is 8.34. The van der Waals surface area contributed by atoms with Crippen molar-refractivity contribution >= 4 is 27.5 Å². The molecule has 0 saturated heterocycles. The maximum absolute atomic E-state index is 5.69. The summed E-state index contributed by atoms with van der Waals surface area (Å²) in [7, 11) is 0. The second-order valence-corrected chi connectivity index (χ2v) is 4.67. The minimum atomic E-state index is 0.580. The Balaban J connectivity index is 2.08. The smallest absolute Gasteiger partial charge is 0.222 e. The lowest BCUT2D eigenvalue weighted by molar-refractivity contribution is 0.288. The SMILES string of the molecule is Brc1ccccc1C1=Nc2ccccc2CO1. The molecule has 2 nitrogen and oxygen atoms in total. The van der Waals surface area contributed by atoms with E-state index < -0.39 is 0 Å². The van der Waals surface area contributed by atoms with E-state index in [1.54, 1.807) is 0 Å². The maximum Gasteiger partial charge on any atom is 0.222 e. The number of halogens is 1. The van der Waals surface area contributed by atoms with Gasteiger partial charge in [0.2, 0.25) is 5.90 Å². The van der Waals surface area contributed by atoms with Gasteiger partial charge in [0, 0.05) is 10.0 Å². The second-order valence-electron chi connectivity index (χ2n) is 3.81. The summed E-state index contributed by atoms with van der Waals surface area (Å²) in [4.78, 5) is 4.54. The van der Waals surface area contributed by atoms with E-state index in [2.05, 4.69) is 20.9 Å². The summed E-state index contributed by atoms with van der Waals surface area (Å²) in [6.07, 6.45) is 0. The number of hydrogen-bond acceptors (Lipinski definition) is 2. The van der Waals surface area contributed by atoms with Crippen molar-refractivity contribution in [3.63, 3.8) is 0 Å². The third kappa shape index (κ3) is 1.98. The fourth-order valence-corrected chi connectivity index (χ4v) is 2.26. The molecule has 1 heterocycles. The molecule has 0 aliphatic carbocycles. The van der Waals surface area contributed by atoms with Crippen LogP contribution in [0, 0.1) is 0 Å². The fraction of sp³-hybridized carbons (Fsp3) is 0.0714. The van der Waals surface area contributed by atoms with E-state index in [0.29, 0.717) is 12.5 Å². The van der Waals surface area contributed by atoms with Gasteiger partial charge in [0.1, 0.15) is 6.61 Å². The molecule has 84 valence electrons. The van der Waals surface area contributed by atoms with Crippen LogP contribution in [0.2, 0.25) is 0 Å². The van der Waals surface area contributed by atoms with Gasteiger partial charge in [0.15, 0.2) is 0 Å². The zero-order valence-corrected chi connectivity index (χ0v) is 10.6. The summed E-state index contributed by atoms with van der Waals surface area (Å²) in [6.45, 7) is 0.580. The first-order valence-corrected chi connectivity index (χ1v) is 6.18. The number of nitrogens with zero attached hydrogens (tertiary/aromatic N) is 1. The largest absolute Gasteiger partial charge is 0.472 e. The molecule has 3 rings (SSSR count). The van der Waals surface area contributed by atoms with Crippen molar-refractivity contribution in [1.82, 2.24) is 0 Å². The Morgan fingerprint density at radius 3 is 2.65 bits per heavy atom. The molecule has 1 aliphatic rings. The van der Waals surface area contributed by atoms with Crippen LogP contribution in [0.4, 0.5) is 5.69 Å². The van der Waals surface area contributed by atoms with Crippen LogP contribution in [-0.4, -0.2) is 5.90 Å². The monoisotopic (exact) mass is 287 g/mol. The predicted molar refractivity (Wildman–Crippen MR) is 71.6 cm³/mol. The Labute approximate surface area is 108 Å². The normalized spacial score (nSPS) is 13.6. The number of rotatable bonds is 1. The molecule has 17 heavy (non-hydrogen) atoms. The van der Waals surface area contributed by atoms with Crippen LogP contribution in [0.1, 0.15) is 11.1 Å². The summed E-state index contributed by atoms with van der Waals surface area (Å²) in [5, 5.41) is 0. The summed E-state index contributed by atoms with van der Waals surface area (Å²) in [5.41, 5.74) is 3.11. The molecule has 0 spiro atoms. The van der Waals surface area contributed by atoms with Crippen LogP contribution in [0.3, 0.4) is 0 Å². The van der Waals surface area contributed by atoms with Gasteiger partial charge in [0.25, 0.3) is 0 Å². The van der Waals surface area contributed by atoms with E-state index in [-0.39, 0.29) is 0 Å². The highest BCUT2D eigenvalue weighted by atomic mass is 79.9. The molecule has 0 aromatic heterocycles. The maximum atomic E-state index is 5.69.